The molecule has 0 aromatic heterocycles. The van der Waals surface area contributed by atoms with Gasteiger partial charge in [-0.3, -0.25) is 4.79 Å². The van der Waals surface area contributed by atoms with Crippen LogP contribution in [-0.2, 0) is 14.3 Å². The van der Waals surface area contributed by atoms with Crippen molar-refractivity contribution in [2.75, 3.05) is 20.3 Å². The Bertz CT molecular complexity index is 671. The van der Waals surface area contributed by atoms with Gasteiger partial charge in [-0.1, -0.05) is 38.0 Å². The van der Waals surface area contributed by atoms with E-state index >= 15 is 0 Å². The van der Waals surface area contributed by atoms with Gasteiger partial charge in [-0.25, -0.2) is 4.79 Å². The molecular weight excluding hydrogens is 346 g/mol. The lowest BCUT2D eigenvalue weighted by Crippen LogP contribution is -2.43. The van der Waals surface area contributed by atoms with Crippen molar-refractivity contribution < 1.29 is 23.8 Å². The van der Waals surface area contributed by atoms with Crippen LogP contribution in [0.3, 0.4) is 0 Å². The van der Waals surface area contributed by atoms with Crippen LogP contribution in [0.4, 0.5) is 0 Å². The van der Waals surface area contributed by atoms with Gasteiger partial charge in [-0.05, 0) is 43.4 Å². The Morgan fingerprint density at radius 1 is 1.19 bits per heavy atom. The van der Waals surface area contributed by atoms with Gasteiger partial charge < -0.3 is 19.5 Å². The van der Waals surface area contributed by atoms with E-state index in [0.717, 1.165) is 24.8 Å². The molecule has 0 unspecified atom stereocenters. The number of carbonyl (C=O) groups is 2. The molecule has 0 spiro atoms. The summed E-state index contributed by atoms with van der Waals surface area (Å²) in [6, 6.07) is 5.58. The second-order valence-corrected chi connectivity index (χ2v) is 6.80. The molecule has 0 radical (unpaired) electrons. The number of rotatable bonds is 8. The zero-order chi connectivity index (χ0) is 19.6. The maximum Gasteiger partial charge on any atom is 0.344 e. The largest absolute Gasteiger partial charge is 0.493 e. The van der Waals surface area contributed by atoms with Crippen LogP contribution in [0.25, 0.3) is 6.08 Å². The van der Waals surface area contributed by atoms with Crippen molar-refractivity contribution >= 4 is 18.0 Å². The first kappa shape index (κ1) is 20.8. The fourth-order valence-electron chi connectivity index (χ4n) is 3.20. The third-order valence-electron chi connectivity index (χ3n) is 4.71. The minimum Gasteiger partial charge on any atom is -0.493 e. The number of methoxy groups -OCH3 is 1. The predicted molar refractivity (Wildman–Crippen MR) is 104 cm³/mol. The van der Waals surface area contributed by atoms with Crippen molar-refractivity contribution in [3.05, 3.63) is 29.8 Å². The smallest absolute Gasteiger partial charge is 0.344 e. The van der Waals surface area contributed by atoms with Crippen molar-refractivity contribution in [2.24, 2.45) is 5.92 Å². The van der Waals surface area contributed by atoms with Crippen LogP contribution in [0.15, 0.2) is 24.3 Å². The van der Waals surface area contributed by atoms with Gasteiger partial charge in [-0.15, -0.1) is 0 Å². The van der Waals surface area contributed by atoms with Gasteiger partial charge in [0.25, 0.3) is 5.91 Å². The summed E-state index contributed by atoms with van der Waals surface area (Å²) in [5, 5.41) is 2.95. The Kier molecular flexibility index (Phi) is 8.17. The first-order valence-corrected chi connectivity index (χ1v) is 9.42. The zero-order valence-electron chi connectivity index (χ0n) is 16.3. The number of benzene rings is 1. The van der Waals surface area contributed by atoms with Gasteiger partial charge in [0.05, 0.1) is 7.11 Å². The highest BCUT2D eigenvalue weighted by Crippen LogP contribution is 2.28. The summed E-state index contributed by atoms with van der Waals surface area (Å²) in [6.07, 6.45) is 8.29. The molecule has 0 saturated heterocycles. The van der Waals surface area contributed by atoms with E-state index in [0.29, 0.717) is 17.4 Å². The molecule has 0 aliphatic heterocycles. The van der Waals surface area contributed by atoms with Gasteiger partial charge in [0.15, 0.2) is 24.7 Å². The number of allylic oxidation sites excluding steroid dienone is 1. The highest BCUT2D eigenvalue weighted by Gasteiger charge is 2.23. The van der Waals surface area contributed by atoms with E-state index in [1.54, 1.807) is 6.07 Å². The normalized spacial score (nSPS) is 19.5. The van der Waals surface area contributed by atoms with Gasteiger partial charge in [-0.2, -0.15) is 0 Å². The lowest BCUT2D eigenvalue weighted by molar-refractivity contribution is -0.150. The second-order valence-electron chi connectivity index (χ2n) is 6.80. The summed E-state index contributed by atoms with van der Waals surface area (Å²) < 4.78 is 15.8. The van der Waals surface area contributed by atoms with Crippen molar-refractivity contribution in [3.63, 3.8) is 0 Å². The molecule has 1 amide bonds. The average Bonchev–Trinajstić information content (AvgIpc) is 2.67. The minimum absolute atomic E-state index is 0.168. The van der Waals surface area contributed by atoms with Gasteiger partial charge in [0, 0.05) is 6.04 Å². The van der Waals surface area contributed by atoms with E-state index in [-0.39, 0.29) is 25.2 Å². The van der Waals surface area contributed by atoms with Gasteiger partial charge in [0.2, 0.25) is 0 Å². The van der Waals surface area contributed by atoms with E-state index in [2.05, 4.69) is 12.2 Å². The summed E-state index contributed by atoms with van der Waals surface area (Å²) in [5.74, 6) is 0.571. The van der Waals surface area contributed by atoms with Crippen molar-refractivity contribution in [2.45, 2.75) is 45.6 Å². The number of carbonyl (C=O) groups excluding carboxylic acids is 2. The lowest BCUT2D eigenvalue weighted by Gasteiger charge is -2.29. The number of ether oxygens (including phenoxy) is 3. The van der Waals surface area contributed by atoms with E-state index < -0.39 is 5.97 Å². The monoisotopic (exact) mass is 375 g/mol. The molecule has 6 nitrogen and oxygen atoms in total. The molecule has 2 rings (SSSR count). The molecule has 148 valence electrons. The van der Waals surface area contributed by atoms with Crippen molar-refractivity contribution in [1.29, 1.82) is 0 Å². The standard InChI is InChI=1S/C21H29NO5/c1-4-7-16-10-11-18(19(12-16)25-3)26-14-21(24)27-13-20(23)22-17-9-6-5-8-15(17)2/h4,7,10-12,15,17H,5-6,8-9,13-14H2,1-3H3,(H,22,23)/b7-4+/t15-,17-/m0/s1. The van der Waals surface area contributed by atoms with E-state index in [1.807, 2.05) is 31.2 Å². The minimum atomic E-state index is -0.596. The number of nitrogens with one attached hydrogen (secondary N) is 1. The molecule has 6 heteroatoms. The van der Waals surface area contributed by atoms with E-state index in [4.69, 9.17) is 14.2 Å². The molecule has 1 saturated carbocycles. The fourth-order valence-corrected chi connectivity index (χ4v) is 3.20. The molecular formula is C21H29NO5. The molecule has 1 aliphatic rings. The number of hydrogen-bond donors (Lipinski definition) is 1. The van der Waals surface area contributed by atoms with Crippen LogP contribution >= 0.6 is 0 Å². The van der Waals surface area contributed by atoms with Crippen LogP contribution in [0.2, 0.25) is 0 Å². The second kappa shape index (κ2) is 10.6. The summed E-state index contributed by atoms with van der Waals surface area (Å²) in [6.45, 7) is 3.49. The third kappa shape index (κ3) is 6.62. The summed E-state index contributed by atoms with van der Waals surface area (Å²) >= 11 is 0. The van der Waals surface area contributed by atoms with Gasteiger partial charge in [0.1, 0.15) is 0 Å². The van der Waals surface area contributed by atoms with Gasteiger partial charge >= 0.3 is 5.97 Å². The lowest BCUT2D eigenvalue weighted by atomic mass is 9.86. The number of hydrogen-bond acceptors (Lipinski definition) is 5. The number of esters is 1. The van der Waals surface area contributed by atoms with Crippen LogP contribution < -0.4 is 14.8 Å². The van der Waals surface area contributed by atoms with Crippen molar-refractivity contribution in [3.8, 4) is 11.5 Å². The maximum atomic E-state index is 12.0. The Morgan fingerprint density at radius 3 is 2.67 bits per heavy atom. The summed E-state index contributed by atoms with van der Waals surface area (Å²) in [7, 11) is 1.54. The number of amides is 1. The molecule has 27 heavy (non-hydrogen) atoms. The third-order valence-corrected chi connectivity index (χ3v) is 4.71. The van der Waals surface area contributed by atoms with Crippen molar-refractivity contribution in [1.82, 2.24) is 5.32 Å². The topological polar surface area (TPSA) is 73.9 Å². The molecule has 1 aliphatic carbocycles. The molecule has 1 aromatic carbocycles. The molecule has 0 heterocycles. The van der Waals surface area contributed by atoms with Crippen LogP contribution in [0, 0.1) is 5.92 Å². The van der Waals surface area contributed by atoms with Crippen LogP contribution in [0.1, 0.15) is 45.1 Å². The van der Waals surface area contributed by atoms with E-state index in [9.17, 15) is 9.59 Å². The first-order chi connectivity index (χ1) is 13.0. The Morgan fingerprint density at radius 2 is 1.96 bits per heavy atom. The highest BCUT2D eigenvalue weighted by molar-refractivity contribution is 5.81. The Hall–Kier alpha value is -2.50. The Balaban J connectivity index is 1.76. The zero-order valence-corrected chi connectivity index (χ0v) is 16.3. The summed E-state index contributed by atoms with van der Waals surface area (Å²) in [4.78, 5) is 23.8. The average molecular weight is 375 g/mol. The quantitative estimate of drug-likeness (QED) is 0.706. The highest BCUT2D eigenvalue weighted by atomic mass is 16.6. The maximum absolute atomic E-state index is 12.0. The summed E-state index contributed by atoms with van der Waals surface area (Å²) in [5.41, 5.74) is 0.970. The molecule has 2 atom stereocenters. The molecule has 0 bridgehead atoms. The Labute approximate surface area is 160 Å². The fraction of sp³-hybridized carbons (Fsp3) is 0.524. The molecule has 1 aromatic rings. The van der Waals surface area contributed by atoms with E-state index in [1.165, 1.54) is 13.5 Å². The SMILES string of the molecule is C/C=C/c1ccc(OCC(=O)OCC(=O)N[C@H]2CCCC[C@@H]2C)c(OC)c1. The van der Waals surface area contributed by atoms with Crippen LogP contribution in [-0.4, -0.2) is 38.2 Å². The predicted octanol–water partition coefficient (Wildman–Crippen LogP) is 3.35. The molecule has 1 N–H and O–H groups in total. The van der Waals surface area contributed by atoms with Crippen LogP contribution in [0.5, 0.6) is 11.5 Å². The molecule has 1 fully saturated rings. The first-order valence-electron chi connectivity index (χ1n) is 9.42.